The van der Waals surface area contributed by atoms with Gasteiger partial charge in [0.15, 0.2) is 0 Å². The number of hydrogen-bond acceptors (Lipinski definition) is 4. The van der Waals surface area contributed by atoms with Gasteiger partial charge < -0.3 is 10.2 Å². The van der Waals surface area contributed by atoms with Gasteiger partial charge in [-0.2, -0.15) is 0 Å². The summed E-state index contributed by atoms with van der Waals surface area (Å²) in [5, 5.41) is 3.44. The third kappa shape index (κ3) is 6.56. The van der Waals surface area contributed by atoms with Crippen LogP contribution in [0.1, 0.15) is 25.3 Å². The highest BCUT2D eigenvalue weighted by Gasteiger charge is 2.11. The summed E-state index contributed by atoms with van der Waals surface area (Å²) in [6, 6.07) is 7.45. The molecule has 6 heteroatoms. The van der Waals surface area contributed by atoms with Crippen LogP contribution in [0.2, 0.25) is 0 Å². The highest BCUT2D eigenvalue weighted by molar-refractivity contribution is 7.89. The summed E-state index contributed by atoms with van der Waals surface area (Å²) in [7, 11) is 2.21. The van der Waals surface area contributed by atoms with Crippen LogP contribution in [0.3, 0.4) is 0 Å². The minimum atomic E-state index is -3.37. The minimum Gasteiger partial charge on any atom is -0.310 e. The van der Waals surface area contributed by atoms with Crippen molar-refractivity contribution in [1.29, 1.82) is 0 Å². The Balaban J connectivity index is 2.51. The maximum absolute atomic E-state index is 11.8. The summed E-state index contributed by atoms with van der Waals surface area (Å²) in [6.45, 7) is 3.92. The van der Waals surface area contributed by atoms with Crippen molar-refractivity contribution in [3.63, 3.8) is 0 Å². The smallest absolute Gasteiger partial charge is 0.240 e. The third-order valence-electron chi connectivity index (χ3n) is 3.37. The quantitative estimate of drug-likeness (QED) is 0.724. The van der Waals surface area contributed by atoms with E-state index in [1.54, 1.807) is 18.2 Å². The average Bonchev–Trinajstić information content (AvgIpc) is 2.45. The largest absolute Gasteiger partial charge is 0.310 e. The summed E-state index contributed by atoms with van der Waals surface area (Å²) < 4.78 is 25.9. The lowest BCUT2D eigenvalue weighted by Crippen LogP contribution is -2.27. The van der Waals surface area contributed by atoms with Crippen molar-refractivity contribution in [2.75, 3.05) is 27.7 Å². The van der Waals surface area contributed by atoms with Crippen LogP contribution in [0.25, 0.3) is 0 Å². The molecule has 0 bridgehead atoms. The molecule has 0 saturated carbocycles. The Kier molecular flexibility index (Phi) is 7.31. The van der Waals surface area contributed by atoms with Crippen LogP contribution >= 0.6 is 0 Å². The Morgan fingerprint density at radius 1 is 1.29 bits per heavy atom. The fourth-order valence-corrected chi connectivity index (χ4v) is 2.85. The van der Waals surface area contributed by atoms with Crippen molar-refractivity contribution in [3.05, 3.63) is 29.8 Å². The molecule has 0 aromatic heterocycles. The lowest BCUT2D eigenvalue weighted by Gasteiger charge is -2.16. The van der Waals surface area contributed by atoms with Gasteiger partial charge in [-0.3, -0.25) is 0 Å². The first-order valence-corrected chi connectivity index (χ1v) is 8.74. The predicted octanol–water partition coefficient (Wildman–Crippen LogP) is 1.41. The van der Waals surface area contributed by atoms with Crippen LogP contribution in [0, 0.1) is 0 Å². The van der Waals surface area contributed by atoms with E-state index in [-0.39, 0.29) is 0 Å². The van der Waals surface area contributed by atoms with Crippen molar-refractivity contribution in [3.8, 4) is 0 Å². The van der Waals surface area contributed by atoms with E-state index in [9.17, 15) is 8.42 Å². The first-order valence-electron chi connectivity index (χ1n) is 7.25. The van der Waals surface area contributed by atoms with Gasteiger partial charge in [0, 0.05) is 12.6 Å². The highest BCUT2D eigenvalue weighted by atomic mass is 32.2. The molecule has 0 heterocycles. The summed E-state index contributed by atoms with van der Waals surface area (Å²) >= 11 is 0. The number of benzene rings is 1. The van der Waals surface area contributed by atoms with Gasteiger partial charge in [0.2, 0.25) is 10.0 Å². The lowest BCUT2D eigenvalue weighted by atomic mass is 10.1. The Hall–Kier alpha value is -0.950. The topological polar surface area (TPSA) is 61.4 Å². The molecule has 0 amide bonds. The van der Waals surface area contributed by atoms with E-state index in [4.69, 9.17) is 0 Å². The first kappa shape index (κ1) is 18.1. The Morgan fingerprint density at radius 3 is 2.62 bits per heavy atom. The fourth-order valence-electron chi connectivity index (χ4n) is 2.05. The van der Waals surface area contributed by atoms with E-state index in [0.717, 1.165) is 24.9 Å². The molecule has 1 atom stereocenters. The molecule has 0 fully saturated rings. The second-order valence-corrected chi connectivity index (χ2v) is 7.47. The van der Waals surface area contributed by atoms with Crippen LogP contribution in [0.15, 0.2) is 29.2 Å². The molecule has 0 saturated heterocycles. The number of nitrogens with zero attached hydrogens (tertiary/aromatic N) is 1. The summed E-state index contributed by atoms with van der Waals surface area (Å²) in [5.41, 5.74) is 0.978. The molecule has 21 heavy (non-hydrogen) atoms. The molecule has 120 valence electrons. The molecule has 1 unspecified atom stereocenters. The molecule has 1 aromatic carbocycles. The maximum Gasteiger partial charge on any atom is 0.240 e. The number of hydrogen-bond donors (Lipinski definition) is 2. The van der Waals surface area contributed by atoms with E-state index in [2.05, 4.69) is 36.0 Å². The van der Waals surface area contributed by atoms with Gasteiger partial charge in [-0.15, -0.1) is 0 Å². The van der Waals surface area contributed by atoms with Gasteiger partial charge >= 0.3 is 0 Å². The second-order valence-electron chi connectivity index (χ2n) is 5.58. The lowest BCUT2D eigenvalue weighted by molar-refractivity contribution is 0.375. The normalized spacial score (nSPS) is 13.6. The van der Waals surface area contributed by atoms with Crippen molar-refractivity contribution < 1.29 is 8.42 Å². The van der Waals surface area contributed by atoms with Gasteiger partial charge in [-0.1, -0.05) is 12.1 Å². The molecule has 0 aliphatic carbocycles. The van der Waals surface area contributed by atoms with Crippen molar-refractivity contribution >= 4 is 10.0 Å². The van der Waals surface area contributed by atoms with Crippen LogP contribution in [-0.4, -0.2) is 47.0 Å². The van der Waals surface area contributed by atoms with Gasteiger partial charge in [0.1, 0.15) is 0 Å². The molecule has 5 nitrogen and oxygen atoms in total. The van der Waals surface area contributed by atoms with E-state index in [1.165, 1.54) is 7.05 Å². The Labute approximate surface area is 128 Å². The van der Waals surface area contributed by atoms with Gasteiger partial charge in [-0.25, -0.2) is 13.1 Å². The Morgan fingerprint density at radius 2 is 2.00 bits per heavy atom. The first-order chi connectivity index (χ1) is 9.85. The van der Waals surface area contributed by atoms with Crippen molar-refractivity contribution in [1.82, 2.24) is 14.9 Å². The average molecular weight is 313 g/mol. The van der Waals surface area contributed by atoms with E-state index >= 15 is 0 Å². The minimum absolute atomic E-state index is 0.310. The van der Waals surface area contributed by atoms with Crippen molar-refractivity contribution in [2.24, 2.45) is 0 Å². The van der Waals surface area contributed by atoms with Crippen LogP contribution in [0.4, 0.5) is 0 Å². The van der Waals surface area contributed by atoms with E-state index < -0.39 is 10.0 Å². The third-order valence-corrected chi connectivity index (χ3v) is 4.79. The van der Waals surface area contributed by atoms with E-state index in [0.29, 0.717) is 17.5 Å². The zero-order chi connectivity index (χ0) is 15.9. The standard InChI is InChI=1S/C15H27N3O2S/c1-13(7-6-10-18(3)4)17-12-14-8-5-9-15(11-14)21(19,20)16-2/h5,8-9,11,13,16-17H,6-7,10,12H2,1-4H3. The molecular weight excluding hydrogens is 286 g/mol. The van der Waals surface area contributed by atoms with Gasteiger partial charge in [-0.05, 0) is 65.1 Å². The zero-order valence-corrected chi connectivity index (χ0v) is 14.2. The number of nitrogens with one attached hydrogen (secondary N) is 2. The summed E-state index contributed by atoms with van der Waals surface area (Å²) in [6.07, 6.45) is 2.25. The van der Waals surface area contributed by atoms with Gasteiger partial charge in [0.25, 0.3) is 0 Å². The van der Waals surface area contributed by atoms with Crippen LogP contribution < -0.4 is 10.0 Å². The molecule has 0 aliphatic rings. The van der Waals surface area contributed by atoms with Crippen LogP contribution in [0.5, 0.6) is 0 Å². The molecule has 0 spiro atoms. The fraction of sp³-hybridized carbons (Fsp3) is 0.600. The highest BCUT2D eigenvalue weighted by Crippen LogP contribution is 2.11. The monoisotopic (exact) mass is 313 g/mol. The Bertz CT molecular complexity index is 529. The maximum atomic E-state index is 11.8. The van der Waals surface area contributed by atoms with Crippen molar-refractivity contribution in [2.45, 2.75) is 37.2 Å². The summed E-state index contributed by atoms with van der Waals surface area (Å²) in [5.74, 6) is 0. The molecule has 0 aliphatic heterocycles. The zero-order valence-electron chi connectivity index (χ0n) is 13.4. The molecule has 0 radical (unpaired) electrons. The van der Waals surface area contributed by atoms with E-state index in [1.807, 2.05) is 6.07 Å². The number of sulfonamides is 1. The molecular formula is C15H27N3O2S. The molecule has 1 rings (SSSR count). The molecule has 2 N–H and O–H groups in total. The predicted molar refractivity (Wildman–Crippen MR) is 86.8 cm³/mol. The van der Waals surface area contributed by atoms with Crippen LogP contribution in [-0.2, 0) is 16.6 Å². The SMILES string of the molecule is CNS(=O)(=O)c1cccc(CNC(C)CCCN(C)C)c1. The second kappa shape index (κ2) is 8.48. The molecule has 1 aromatic rings. The summed E-state index contributed by atoms with van der Waals surface area (Å²) in [4.78, 5) is 2.49. The van der Waals surface area contributed by atoms with Gasteiger partial charge in [0.05, 0.1) is 4.90 Å². The number of rotatable bonds is 9.